The lowest BCUT2D eigenvalue weighted by molar-refractivity contribution is -0.143. The van der Waals surface area contributed by atoms with E-state index < -0.39 is 12.0 Å². The monoisotopic (exact) mass is 552 g/mol. The molecular weight excluding hydrogens is 532 g/mol. The molecule has 0 amide bonds. The molecule has 1 aliphatic rings. The molecule has 0 radical (unpaired) electrons. The van der Waals surface area contributed by atoms with Crippen LogP contribution in [0.2, 0.25) is 5.02 Å². The fourth-order valence-electron chi connectivity index (χ4n) is 3.84. The third-order valence-corrected chi connectivity index (χ3v) is 7.43. The number of carbonyl (C=O) groups excluding carboxylic acids is 1. The number of esters is 1. The van der Waals surface area contributed by atoms with Crippen LogP contribution in [-0.2, 0) is 9.53 Å². The summed E-state index contributed by atoms with van der Waals surface area (Å²) in [6.07, 6.45) is 4.66. The predicted molar refractivity (Wildman–Crippen MR) is 141 cm³/mol. The molecule has 0 bridgehead atoms. The molecule has 0 aliphatic carbocycles. The predicted octanol–water partition coefficient (Wildman–Crippen LogP) is 4.37. The van der Waals surface area contributed by atoms with E-state index in [1.54, 1.807) is 81.7 Å². The molecule has 0 spiro atoms. The molecule has 0 N–H and O–H groups in total. The van der Waals surface area contributed by atoms with Gasteiger partial charge in [-0.15, -0.1) is 0 Å². The second-order valence-electron chi connectivity index (χ2n) is 8.38. The van der Waals surface area contributed by atoms with Gasteiger partial charge in [-0.3, -0.25) is 9.36 Å². The summed E-state index contributed by atoms with van der Waals surface area (Å²) in [6.45, 7) is 5.30. The van der Waals surface area contributed by atoms with Crippen LogP contribution in [0.4, 0.5) is 0 Å². The first-order chi connectivity index (χ1) is 17.8. The van der Waals surface area contributed by atoms with Crippen molar-refractivity contribution in [3.63, 3.8) is 0 Å². The van der Waals surface area contributed by atoms with Crippen molar-refractivity contribution in [2.24, 2.45) is 4.99 Å². The highest BCUT2D eigenvalue weighted by molar-refractivity contribution is 7.99. The average Bonchev–Trinajstić information content (AvgIpc) is 3.42. The number of fused-ring (bicyclic) bond motifs is 1. The quantitative estimate of drug-likeness (QED) is 0.258. The number of hydrogen-bond donors (Lipinski definition) is 0. The van der Waals surface area contributed by atoms with Crippen LogP contribution in [-0.4, -0.2) is 26.6 Å². The van der Waals surface area contributed by atoms with E-state index in [2.05, 4.69) is 15.0 Å². The number of furan rings is 1. The lowest BCUT2D eigenvalue weighted by Gasteiger charge is -2.25. The van der Waals surface area contributed by atoms with Crippen molar-refractivity contribution >= 4 is 46.7 Å². The van der Waals surface area contributed by atoms with E-state index in [0.29, 0.717) is 41.6 Å². The summed E-state index contributed by atoms with van der Waals surface area (Å²) in [4.78, 5) is 40.2. The SMILES string of the molecule is CC1=C(C(=O)OC(C)C)[C@@H](c2ccc(Cl)cc2)n2c(s/c(=C/c3ccc(Sc4ncccn4)o3)c2=O)=N1. The van der Waals surface area contributed by atoms with Gasteiger partial charge in [0.05, 0.1) is 27.9 Å². The highest BCUT2D eigenvalue weighted by Gasteiger charge is 2.33. The Bertz CT molecular complexity index is 1670. The lowest BCUT2D eigenvalue weighted by atomic mass is 9.96. The number of thiazole rings is 1. The van der Waals surface area contributed by atoms with Crippen LogP contribution in [0.5, 0.6) is 0 Å². The maximum absolute atomic E-state index is 13.7. The van der Waals surface area contributed by atoms with Crippen LogP contribution >= 0.6 is 34.7 Å². The molecule has 11 heteroatoms. The molecule has 3 aromatic heterocycles. The van der Waals surface area contributed by atoms with Gasteiger partial charge >= 0.3 is 5.97 Å². The number of allylic oxidation sites excluding steroid dienone is 1. The van der Waals surface area contributed by atoms with E-state index >= 15 is 0 Å². The maximum atomic E-state index is 13.7. The molecule has 1 aromatic carbocycles. The van der Waals surface area contributed by atoms with Gasteiger partial charge in [-0.1, -0.05) is 35.1 Å². The number of hydrogen-bond acceptors (Lipinski definition) is 9. The van der Waals surface area contributed by atoms with Crippen LogP contribution in [0.25, 0.3) is 6.08 Å². The van der Waals surface area contributed by atoms with Crippen molar-refractivity contribution in [3.8, 4) is 0 Å². The first-order valence-electron chi connectivity index (χ1n) is 11.3. The number of halogens is 1. The number of ether oxygens (including phenoxy) is 1. The number of benzene rings is 1. The molecule has 8 nitrogen and oxygen atoms in total. The molecule has 37 heavy (non-hydrogen) atoms. The van der Waals surface area contributed by atoms with Crippen molar-refractivity contribution in [2.45, 2.75) is 43.2 Å². The summed E-state index contributed by atoms with van der Waals surface area (Å²) in [5, 5.41) is 1.71. The Balaban J connectivity index is 1.58. The highest BCUT2D eigenvalue weighted by Crippen LogP contribution is 2.32. The number of rotatable bonds is 6. The zero-order valence-corrected chi connectivity index (χ0v) is 22.4. The van der Waals surface area contributed by atoms with Gasteiger partial charge in [0.1, 0.15) is 5.76 Å². The minimum absolute atomic E-state index is 0.289. The topological polar surface area (TPSA) is 99.6 Å². The summed E-state index contributed by atoms with van der Waals surface area (Å²) in [6, 6.07) is 11.7. The molecule has 0 saturated heterocycles. The summed E-state index contributed by atoms with van der Waals surface area (Å²) in [7, 11) is 0. The van der Waals surface area contributed by atoms with Gasteiger partial charge < -0.3 is 9.15 Å². The molecule has 4 aromatic rings. The molecule has 1 aliphatic heterocycles. The molecule has 0 unspecified atom stereocenters. The van der Waals surface area contributed by atoms with Gasteiger partial charge in [-0.2, -0.15) is 0 Å². The van der Waals surface area contributed by atoms with Crippen LogP contribution in [0.3, 0.4) is 0 Å². The first kappa shape index (κ1) is 25.2. The number of nitrogens with zero attached hydrogens (tertiary/aromatic N) is 4. The second-order valence-corrected chi connectivity index (χ2v) is 10.8. The molecule has 4 heterocycles. The third-order valence-electron chi connectivity index (χ3n) is 5.38. The van der Waals surface area contributed by atoms with Gasteiger partial charge in [0.25, 0.3) is 5.56 Å². The molecule has 5 rings (SSSR count). The smallest absolute Gasteiger partial charge is 0.338 e. The largest absolute Gasteiger partial charge is 0.459 e. The Morgan fingerprint density at radius 2 is 1.92 bits per heavy atom. The summed E-state index contributed by atoms with van der Waals surface area (Å²) in [5.74, 6) is -0.0109. The molecule has 1 atom stereocenters. The normalized spacial score (nSPS) is 15.6. The first-order valence-corrected chi connectivity index (χ1v) is 13.3. The van der Waals surface area contributed by atoms with Gasteiger partial charge in [-0.25, -0.2) is 19.8 Å². The van der Waals surface area contributed by atoms with Gasteiger partial charge in [-0.05, 0) is 68.4 Å². The highest BCUT2D eigenvalue weighted by atomic mass is 35.5. The standard InChI is InChI=1S/C26H21ClN4O4S2/c1-14(2)34-24(33)21-15(3)30-26-31(22(21)16-5-7-17(27)8-6-16)23(32)19(36-26)13-18-9-10-20(35-18)37-25-28-11-4-12-29-25/h4-14,22H,1-3H3/b19-13+/t22-/m1/s1. The van der Waals surface area contributed by atoms with Crippen molar-refractivity contribution in [3.05, 3.63) is 102 Å². The minimum atomic E-state index is -0.708. The van der Waals surface area contributed by atoms with E-state index in [4.69, 9.17) is 20.8 Å². The number of aromatic nitrogens is 3. The Morgan fingerprint density at radius 1 is 1.19 bits per heavy atom. The average molecular weight is 553 g/mol. The van der Waals surface area contributed by atoms with E-state index in [0.717, 1.165) is 5.56 Å². The van der Waals surface area contributed by atoms with Gasteiger partial charge in [0.2, 0.25) is 0 Å². The van der Waals surface area contributed by atoms with E-state index in [-0.39, 0.29) is 11.7 Å². The van der Waals surface area contributed by atoms with Crippen molar-refractivity contribution < 1.29 is 13.9 Å². The fourth-order valence-corrected chi connectivity index (χ4v) is 5.68. The Morgan fingerprint density at radius 3 is 2.62 bits per heavy atom. The zero-order chi connectivity index (χ0) is 26.1. The Kier molecular flexibility index (Phi) is 7.14. The van der Waals surface area contributed by atoms with Crippen LogP contribution in [0, 0.1) is 0 Å². The van der Waals surface area contributed by atoms with E-state index in [1.807, 2.05) is 0 Å². The second kappa shape index (κ2) is 10.5. The van der Waals surface area contributed by atoms with Gasteiger partial charge in [0.15, 0.2) is 15.1 Å². The third kappa shape index (κ3) is 5.31. The summed E-state index contributed by atoms with van der Waals surface area (Å²) in [5.41, 5.74) is 1.25. The summed E-state index contributed by atoms with van der Waals surface area (Å²) < 4.78 is 13.3. The van der Waals surface area contributed by atoms with Crippen molar-refractivity contribution in [2.75, 3.05) is 0 Å². The summed E-state index contributed by atoms with van der Waals surface area (Å²) >= 11 is 8.62. The Labute approximate surface area is 225 Å². The molecular formula is C26H21ClN4O4S2. The van der Waals surface area contributed by atoms with Gasteiger partial charge in [0, 0.05) is 23.5 Å². The van der Waals surface area contributed by atoms with Crippen molar-refractivity contribution in [1.82, 2.24) is 14.5 Å². The van der Waals surface area contributed by atoms with E-state index in [9.17, 15) is 9.59 Å². The zero-order valence-electron chi connectivity index (χ0n) is 20.0. The lowest BCUT2D eigenvalue weighted by Crippen LogP contribution is -2.40. The maximum Gasteiger partial charge on any atom is 0.338 e. The molecule has 0 saturated carbocycles. The van der Waals surface area contributed by atoms with E-state index in [1.165, 1.54) is 27.7 Å². The van der Waals surface area contributed by atoms with Crippen molar-refractivity contribution in [1.29, 1.82) is 0 Å². The Hall–Kier alpha value is -3.47. The van der Waals surface area contributed by atoms with Crippen LogP contribution < -0.4 is 14.9 Å². The molecule has 188 valence electrons. The van der Waals surface area contributed by atoms with Crippen LogP contribution in [0.15, 0.2) is 90.6 Å². The number of carbonyl (C=O) groups is 1. The van der Waals surface area contributed by atoms with Crippen LogP contribution in [0.1, 0.15) is 38.1 Å². The molecule has 0 fully saturated rings. The minimum Gasteiger partial charge on any atom is -0.459 e. The fraction of sp³-hybridized carbons (Fsp3) is 0.192.